The molecule has 0 radical (unpaired) electrons. The number of nitro groups is 1. The third-order valence-corrected chi connectivity index (χ3v) is 7.00. The van der Waals surface area contributed by atoms with Gasteiger partial charge in [-0.25, -0.2) is 4.39 Å². The number of para-hydroxylation sites is 1. The van der Waals surface area contributed by atoms with E-state index in [1.54, 1.807) is 72.6 Å². The molecule has 0 saturated carbocycles. The summed E-state index contributed by atoms with van der Waals surface area (Å²) in [5, 5.41) is 15.3. The highest BCUT2D eigenvalue weighted by Crippen LogP contribution is 2.52. The van der Waals surface area contributed by atoms with Gasteiger partial charge in [0.15, 0.2) is 17.0 Å². The summed E-state index contributed by atoms with van der Waals surface area (Å²) in [6, 6.07) is 17.3. The second-order valence-corrected chi connectivity index (χ2v) is 8.77. The van der Waals surface area contributed by atoms with E-state index in [-0.39, 0.29) is 17.3 Å². The number of halogens is 1. The molecule has 1 saturated heterocycles. The van der Waals surface area contributed by atoms with Gasteiger partial charge in [0.1, 0.15) is 12.4 Å². The first-order valence-electron chi connectivity index (χ1n) is 11.2. The number of likely N-dealkylation sites (tertiary alicyclic amines) is 1. The number of fused-ring (bicyclic) bond motifs is 2. The maximum atomic E-state index is 14.0. The van der Waals surface area contributed by atoms with Crippen molar-refractivity contribution in [3.63, 3.8) is 0 Å². The molecule has 3 aromatic carbocycles. The van der Waals surface area contributed by atoms with Gasteiger partial charge in [0.25, 0.3) is 11.9 Å². The topological polar surface area (TPSA) is 93.9 Å². The van der Waals surface area contributed by atoms with Crippen LogP contribution in [0.15, 0.2) is 66.7 Å². The number of ether oxygens (including phenoxy) is 2. The van der Waals surface area contributed by atoms with Crippen molar-refractivity contribution in [3.05, 3.63) is 99.4 Å². The van der Waals surface area contributed by atoms with E-state index in [1.165, 1.54) is 13.2 Å². The summed E-state index contributed by atoms with van der Waals surface area (Å²) in [5.41, 5.74) is 0.831. The second-order valence-electron chi connectivity index (χ2n) is 8.77. The zero-order chi connectivity index (χ0) is 24.7. The second kappa shape index (κ2) is 8.66. The zero-order valence-corrected chi connectivity index (χ0v) is 19.2. The van der Waals surface area contributed by atoms with Crippen LogP contribution in [0.4, 0.5) is 10.1 Å². The largest absolute Gasteiger partial charge is 0.493 e. The van der Waals surface area contributed by atoms with Crippen molar-refractivity contribution in [2.24, 2.45) is 0 Å². The molecule has 1 fully saturated rings. The fraction of sp³-hybridized carbons (Fsp3) is 0.269. The van der Waals surface area contributed by atoms with Gasteiger partial charge in [-0.2, -0.15) is 0 Å². The molecule has 1 spiro atoms. The minimum absolute atomic E-state index is 0.00609. The highest BCUT2D eigenvalue weighted by Gasteiger charge is 2.68. The molecular weight excluding hydrogens is 453 g/mol. The highest BCUT2D eigenvalue weighted by molar-refractivity contribution is 6.06. The Morgan fingerprint density at radius 3 is 2.63 bits per heavy atom. The Bertz CT molecular complexity index is 1320. The van der Waals surface area contributed by atoms with E-state index < -0.39 is 23.4 Å². The molecule has 35 heavy (non-hydrogen) atoms. The number of carbonyl (C=O) groups is 1. The average molecular weight is 477 g/mol. The van der Waals surface area contributed by atoms with Crippen molar-refractivity contribution >= 4 is 11.6 Å². The van der Waals surface area contributed by atoms with Gasteiger partial charge in [-0.3, -0.25) is 19.8 Å². The molecule has 180 valence electrons. The molecule has 8 nitrogen and oxygen atoms in total. The van der Waals surface area contributed by atoms with E-state index >= 15 is 0 Å². The Kier molecular flexibility index (Phi) is 5.64. The normalized spacial score (nSPS) is 23.2. The van der Waals surface area contributed by atoms with E-state index in [9.17, 15) is 19.3 Å². The number of nitrogens with zero attached hydrogens (tertiary/aromatic N) is 2. The first kappa shape index (κ1) is 22.8. The fourth-order valence-electron chi connectivity index (χ4n) is 5.39. The van der Waals surface area contributed by atoms with Crippen LogP contribution in [0.25, 0.3) is 0 Å². The molecule has 0 aliphatic carbocycles. The van der Waals surface area contributed by atoms with Crippen LogP contribution in [0, 0.1) is 15.9 Å². The number of amides is 1. The number of methoxy groups -OCH3 is 1. The van der Waals surface area contributed by atoms with E-state index in [0.29, 0.717) is 40.4 Å². The number of carbonyl (C=O) groups excluding carboxylic acids is 1. The minimum Gasteiger partial charge on any atom is -0.493 e. The molecule has 2 heterocycles. The summed E-state index contributed by atoms with van der Waals surface area (Å²) in [6.45, 7) is 0.304. The number of hydrogen-bond donors (Lipinski definition) is 1. The van der Waals surface area contributed by atoms with Crippen LogP contribution in [0.5, 0.6) is 11.5 Å². The lowest BCUT2D eigenvalue weighted by Crippen LogP contribution is -2.54. The molecular formula is C26H24FN3O5. The van der Waals surface area contributed by atoms with Gasteiger partial charge in [-0.05, 0) is 36.9 Å². The van der Waals surface area contributed by atoms with Crippen LogP contribution in [-0.2, 0) is 16.9 Å². The number of benzene rings is 3. The molecule has 0 bridgehead atoms. The van der Waals surface area contributed by atoms with Crippen LogP contribution >= 0.6 is 0 Å². The number of rotatable bonds is 6. The van der Waals surface area contributed by atoms with E-state index in [2.05, 4.69) is 5.32 Å². The third-order valence-electron chi connectivity index (χ3n) is 7.00. The van der Waals surface area contributed by atoms with Crippen LogP contribution in [0.1, 0.15) is 22.6 Å². The van der Waals surface area contributed by atoms with E-state index in [1.807, 2.05) is 0 Å². The van der Waals surface area contributed by atoms with Gasteiger partial charge in [0.05, 0.1) is 13.0 Å². The quantitative estimate of drug-likeness (QED) is 0.427. The Hall–Kier alpha value is -3.98. The number of anilines is 1. The van der Waals surface area contributed by atoms with Crippen molar-refractivity contribution in [3.8, 4) is 11.5 Å². The Morgan fingerprint density at radius 2 is 1.89 bits per heavy atom. The molecule has 5 rings (SSSR count). The van der Waals surface area contributed by atoms with Crippen molar-refractivity contribution in [2.75, 3.05) is 26.0 Å². The first-order chi connectivity index (χ1) is 16.9. The summed E-state index contributed by atoms with van der Waals surface area (Å²) in [7, 11) is 3.21. The average Bonchev–Trinajstić information content (AvgIpc) is 3.33. The molecule has 1 amide bonds. The van der Waals surface area contributed by atoms with Crippen LogP contribution < -0.4 is 14.8 Å². The Balaban J connectivity index is 1.50. The van der Waals surface area contributed by atoms with Gasteiger partial charge in [-0.1, -0.05) is 42.5 Å². The number of likely N-dealkylation sites (N-methyl/N-ethyl adjacent to an activating group) is 1. The van der Waals surface area contributed by atoms with Gasteiger partial charge in [-0.15, -0.1) is 0 Å². The number of nitrogens with one attached hydrogen (secondary N) is 1. The van der Waals surface area contributed by atoms with Gasteiger partial charge in [0.2, 0.25) is 0 Å². The Labute approximate surface area is 201 Å². The molecule has 2 aliphatic rings. The van der Waals surface area contributed by atoms with Crippen molar-refractivity contribution in [1.82, 2.24) is 4.90 Å². The predicted molar refractivity (Wildman–Crippen MR) is 127 cm³/mol. The van der Waals surface area contributed by atoms with Crippen LogP contribution in [0.3, 0.4) is 0 Å². The molecule has 2 aliphatic heterocycles. The third kappa shape index (κ3) is 3.50. The van der Waals surface area contributed by atoms with Crippen molar-refractivity contribution in [1.29, 1.82) is 0 Å². The van der Waals surface area contributed by atoms with Crippen molar-refractivity contribution in [2.45, 2.75) is 24.1 Å². The molecule has 3 atom stereocenters. The molecule has 0 unspecified atom stereocenters. The summed E-state index contributed by atoms with van der Waals surface area (Å²) < 4.78 is 25.3. The van der Waals surface area contributed by atoms with Gasteiger partial charge in [0, 0.05) is 28.3 Å². The minimum atomic E-state index is -1.42. The van der Waals surface area contributed by atoms with Gasteiger partial charge >= 0.3 is 0 Å². The predicted octanol–water partition coefficient (Wildman–Crippen LogP) is 3.94. The maximum Gasteiger partial charge on any atom is 0.256 e. The maximum absolute atomic E-state index is 14.0. The van der Waals surface area contributed by atoms with Crippen molar-refractivity contribution < 1.29 is 23.6 Å². The molecule has 9 heteroatoms. The highest BCUT2D eigenvalue weighted by atomic mass is 19.1. The first-order valence-corrected chi connectivity index (χ1v) is 11.2. The lowest BCUT2D eigenvalue weighted by molar-refractivity contribution is -0.534. The SMILES string of the molecule is COc1cc([C@@H]2CN(C)[C@]3(C(=O)Nc4ccccc43)[C@H]2[N+](=O)[O-])ccc1OCc1ccccc1F. The molecule has 0 aromatic heterocycles. The summed E-state index contributed by atoms with van der Waals surface area (Å²) >= 11 is 0. The Morgan fingerprint density at radius 1 is 1.14 bits per heavy atom. The lowest BCUT2D eigenvalue weighted by Gasteiger charge is -2.30. The summed E-state index contributed by atoms with van der Waals surface area (Å²) in [5.74, 6) is -0.585. The van der Waals surface area contributed by atoms with Crippen LogP contribution in [-0.4, -0.2) is 42.5 Å². The summed E-state index contributed by atoms with van der Waals surface area (Å²) in [4.78, 5) is 27.1. The smallest absolute Gasteiger partial charge is 0.256 e. The van der Waals surface area contributed by atoms with E-state index in [4.69, 9.17) is 9.47 Å². The van der Waals surface area contributed by atoms with Gasteiger partial charge < -0.3 is 14.8 Å². The fourth-order valence-corrected chi connectivity index (χ4v) is 5.39. The molecule has 1 N–H and O–H groups in total. The van der Waals surface area contributed by atoms with Crippen LogP contribution in [0.2, 0.25) is 0 Å². The van der Waals surface area contributed by atoms with E-state index in [0.717, 1.165) is 0 Å². The monoisotopic (exact) mass is 477 g/mol. The number of hydrogen-bond acceptors (Lipinski definition) is 6. The molecule has 3 aromatic rings. The summed E-state index contributed by atoms with van der Waals surface area (Å²) in [6.07, 6.45) is 0. The zero-order valence-electron chi connectivity index (χ0n) is 19.2. The lowest BCUT2D eigenvalue weighted by atomic mass is 9.79. The standard InChI is InChI=1S/C26H24FN3O5/c1-29-14-18(24(30(32)33)26(29)19-8-4-6-10-21(19)28-25(26)31)16-11-12-22(23(13-16)34-2)35-15-17-7-3-5-9-20(17)27/h3-13,18,24H,14-15H2,1-2H3,(H,28,31)/t18-,24-,26-/m0/s1.